The summed E-state index contributed by atoms with van der Waals surface area (Å²) in [6.07, 6.45) is 2.70. The van der Waals surface area contributed by atoms with Crippen molar-refractivity contribution in [3.05, 3.63) is 35.4 Å². The first-order chi connectivity index (χ1) is 14.7. The third-order valence-electron chi connectivity index (χ3n) is 5.49. The predicted octanol–water partition coefficient (Wildman–Crippen LogP) is 2.50. The molecular weight excluding hydrogens is 392 g/mol. The molecule has 0 aliphatic carbocycles. The van der Waals surface area contributed by atoms with Gasteiger partial charge in [-0.05, 0) is 57.5 Å². The summed E-state index contributed by atoms with van der Waals surface area (Å²) in [6, 6.07) is 7.74. The zero-order chi connectivity index (χ0) is 23.4. The summed E-state index contributed by atoms with van der Waals surface area (Å²) in [7, 11) is 5.68. The molecule has 0 bridgehead atoms. The van der Waals surface area contributed by atoms with E-state index in [0.717, 1.165) is 37.1 Å². The molecule has 3 amide bonds. The Kier molecular flexibility index (Phi) is 11.4. The van der Waals surface area contributed by atoms with E-state index in [4.69, 9.17) is 0 Å². The number of nitrogens with one attached hydrogen (secondary N) is 2. The third-order valence-corrected chi connectivity index (χ3v) is 5.49. The highest BCUT2D eigenvalue weighted by atomic mass is 16.2. The van der Waals surface area contributed by atoms with Crippen molar-refractivity contribution in [2.75, 3.05) is 34.2 Å². The Labute approximate surface area is 187 Å². The van der Waals surface area contributed by atoms with Crippen LogP contribution in [0.3, 0.4) is 0 Å². The van der Waals surface area contributed by atoms with Gasteiger partial charge in [0.15, 0.2) is 0 Å². The van der Waals surface area contributed by atoms with E-state index in [0.29, 0.717) is 18.9 Å². The second kappa shape index (κ2) is 13.2. The topological polar surface area (TPSA) is 81.8 Å². The minimum Gasteiger partial charge on any atom is -0.343 e. The van der Waals surface area contributed by atoms with Crippen LogP contribution in [0, 0.1) is 5.92 Å². The Hall–Kier alpha value is -2.25. The molecular formula is C24H40N4O3. The maximum Gasteiger partial charge on any atom is 0.251 e. The largest absolute Gasteiger partial charge is 0.343 e. The number of rotatable bonds is 14. The Balaban J connectivity index is 3.11. The zero-order valence-corrected chi connectivity index (χ0v) is 20.0. The Bertz CT molecular complexity index is 703. The first-order valence-electron chi connectivity index (χ1n) is 11.2. The smallest absolute Gasteiger partial charge is 0.251 e. The Morgan fingerprint density at radius 3 is 2.26 bits per heavy atom. The number of benzene rings is 1. The van der Waals surface area contributed by atoms with Gasteiger partial charge in [-0.2, -0.15) is 0 Å². The highest BCUT2D eigenvalue weighted by molar-refractivity contribution is 5.94. The van der Waals surface area contributed by atoms with Crippen molar-refractivity contribution in [2.45, 2.75) is 58.5 Å². The van der Waals surface area contributed by atoms with Gasteiger partial charge in [-0.15, -0.1) is 0 Å². The van der Waals surface area contributed by atoms with Crippen molar-refractivity contribution in [2.24, 2.45) is 5.92 Å². The van der Waals surface area contributed by atoms with Crippen LogP contribution in [0.25, 0.3) is 0 Å². The molecule has 2 N–H and O–H groups in total. The molecule has 0 saturated carbocycles. The molecule has 174 valence electrons. The van der Waals surface area contributed by atoms with Crippen LogP contribution in [0.5, 0.6) is 0 Å². The molecule has 1 aromatic rings. The van der Waals surface area contributed by atoms with Gasteiger partial charge < -0.3 is 15.1 Å². The fraction of sp³-hybridized carbons (Fsp3) is 0.625. The average molecular weight is 433 g/mol. The van der Waals surface area contributed by atoms with Crippen molar-refractivity contribution in [3.63, 3.8) is 0 Å². The lowest BCUT2D eigenvalue weighted by Gasteiger charge is -2.33. The number of imide groups is 1. The monoisotopic (exact) mass is 432 g/mol. The third kappa shape index (κ3) is 8.07. The average Bonchev–Trinajstić information content (AvgIpc) is 2.72. The molecule has 1 rings (SSSR count). The summed E-state index contributed by atoms with van der Waals surface area (Å²) < 4.78 is 0. The highest BCUT2D eigenvalue weighted by Gasteiger charge is 2.39. The number of nitrogens with zero attached hydrogens (tertiary/aromatic N) is 2. The van der Waals surface area contributed by atoms with E-state index in [1.807, 2.05) is 43.3 Å². The molecule has 0 aliphatic heterocycles. The van der Waals surface area contributed by atoms with E-state index in [-0.39, 0.29) is 18.7 Å². The molecule has 1 unspecified atom stereocenters. The van der Waals surface area contributed by atoms with Gasteiger partial charge in [0.2, 0.25) is 12.3 Å². The minimum absolute atomic E-state index is 0.0326. The lowest BCUT2D eigenvalue weighted by molar-refractivity contribution is -0.133. The lowest BCUT2D eigenvalue weighted by atomic mass is 9.83. The first kappa shape index (κ1) is 26.8. The molecule has 1 atom stereocenters. The van der Waals surface area contributed by atoms with Gasteiger partial charge in [0, 0.05) is 26.1 Å². The second-order valence-electron chi connectivity index (χ2n) is 8.74. The molecule has 0 radical (unpaired) electrons. The molecule has 31 heavy (non-hydrogen) atoms. The molecule has 0 heterocycles. The Morgan fingerprint density at radius 2 is 1.77 bits per heavy atom. The molecule has 0 aliphatic rings. The zero-order valence-electron chi connectivity index (χ0n) is 20.0. The van der Waals surface area contributed by atoms with Crippen LogP contribution in [0.15, 0.2) is 24.3 Å². The van der Waals surface area contributed by atoms with Crippen molar-refractivity contribution in [1.29, 1.82) is 0 Å². The normalized spacial score (nSPS) is 13.2. The van der Waals surface area contributed by atoms with E-state index < -0.39 is 11.4 Å². The Morgan fingerprint density at radius 1 is 1.13 bits per heavy atom. The molecule has 0 fully saturated rings. The van der Waals surface area contributed by atoms with Crippen LogP contribution in [0.1, 0.15) is 57.6 Å². The second-order valence-corrected chi connectivity index (χ2v) is 8.74. The van der Waals surface area contributed by atoms with Gasteiger partial charge >= 0.3 is 0 Å². The van der Waals surface area contributed by atoms with Crippen LogP contribution >= 0.6 is 0 Å². The van der Waals surface area contributed by atoms with Gasteiger partial charge in [0.1, 0.15) is 5.54 Å². The standard InChI is InChI=1S/C24H40N4O3/c1-7-15-28(16-13-19(2)3)22(30)12-14-24(25-4,23(31)26-18-29)21-10-8-20(9-11-21)17-27(5)6/h8-11,18-19,25H,7,12-17H2,1-6H3,(H,26,29,31). The summed E-state index contributed by atoms with van der Waals surface area (Å²) in [6.45, 7) is 8.55. The van der Waals surface area contributed by atoms with Gasteiger partial charge in [-0.1, -0.05) is 45.0 Å². The molecule has 0 saturated heterocycles. The van der Waals surface area contributed by atoms with Gasteiger partial charge in [-0.25, -0.2) is 0 Å². The summed E-state index contributed by atoms with van der Waals surface area (Å²) in [5.41, 5.74) is 0.686. The van der Waals surface area contributed by atoms with Crippen LogP contribution in [-0.2, 0) is 26.5 Å². The maximum absolute atomic E-state index is 13.0. The minimum atomic E-state index is -1.16. The quantitative estimate of drug-likeness (QED) is 0.442. The van der Waals surface area contributed by atoms with Crippen molar-refractivity contribution < 1.29 is 14.4 Å². The van der Waals surface area contributed by atoms with E-state index in [1.54, 1.807) is 7.05 Å². The molecule has 0 spiro atoms. The molecule has 7 nitrogen and oxygen atoms in total. The summed E-state index contributed by atoms with van der Waals surface area (Å²) in [5.74, 6) is 0.0928. The highest BCUT2D eigenvalue weighted by Crippen LogP contribution is 2.28. The van der Waals surface area contributed by atoms with E-state index in [1.165, 1.54) is 0 Å². The fourth-order valence-electron chi connectivity index (χ4n) is 3.71. The summed E-state index contributed by atoms with van der Waals surface area (Å²) >= 11 is 0. The number of amides is 3. The van der Waals surface area contributed by atoms with Crippen LogP contribution in [0.2, 0.25) is 0 Å². The van der Waals surface area contributed by atoms with Crippen LogP contribution < -0.4 is 10.6 Å². The first-order valence-corrected chi connectivity index (χ1v) is 11.2. The number of carbonyl (C=O) groups excluding carboxylic acids is 3. The number of carbonyl (C=O) groups is 3. The molecule has 7 heteroatoms. The summed E-state index contributed by atoms with van der Waals surface area (Å²) in [4.78, 5) is 40.9. The van der Waals surface area contributed by atoms with Gasteiger partial charge in [0.25, 0.3) is 5.91 Å². The van der Waals surface area contributed by atoms with E-state index in [9.17, 15) is 14.4 Å². The lowest BCUT2D eigenvalue weighted by Crippen LogP contribution is -2.53. The number of likely N-dealkylation sites (N-methyl/N-ethyl adjacent to an activating group) is 1. The fourth-order valence-corrected chi connectivity index (χ4v) is 3.71. The van der Waals surface area contributed by atoms with Crippen molar-refractivity contribution >= 4 is 18.2 Å². The molecule has 0 aromatic heterocycles. The SMILES string of the molecule is CCCN(CCC(C)C)C(=O)CCC(NC)(C(=O)NC=O)c1ccc(CN(C)C)cc1. The van der Waals surface area contributed by atoms with Crippen molar-refractivity contribution in [3.8, 4) is 0 Å². The van der Waals surface area contributed by atoms with E-state index in [2.05, 4.69) is 36.3 Å². The number of hydrogen-bond acceptors (Lipinski definition) is 5. The van der Waals surface area contributed by atoms with Gasteiger partial charge in [0.05, 0.1) is 0 Å². The van der Waals surface area contributed by atoms with Gasteiger partial charge in [-0.3, -0.25) is 19.7 Å². The maximum atomic E-state index is 13.0. The van der Waals surface area contributed by atoms with Crippen LogP contribution in [0.4, 0.5) is 0 Å². The van der Waals surface area contributed by atoms with E-state index >= 15 is 0 Å². The van der Waals surface area contributed by atoms with Crippen molar-refractivity contribution in [1.82, 2.24) is 20.4 Å². The summed E-state index contributed by atoms with van der Waals surface area (Å²) in [5, 5.41) is 5.39. The van der Waals surface area contributed by atoms with Crippen LogP contribution in [-0.4, -0.2) is 62.3 Å². The number of hydrogen-bond donors (Lipinski definition) is 2. The predicted molar refractivity (Wildman–Crippen MR) is 124 cm³/mol. The molecule has 1 aromatic carbocycles.